The van der Waals surface area contributed by atoms with Crippen molar-refractivity contribution < 1.29 is 14.0 Å². The van der Waals surface area contributed by atoms with Crippen LogP contribution in [0.25, 0.3) is 16.8 Å². The molecular weight excluding hydrogens is 631 g/mol. The summed E-state index contributed by atoms with van der Waals surface area (Å²) in [5.41, 5.74) is 4.54. The van der Waals surface area contributed by atoms with Crippen molar-refractivity contribution in [2.45, 2.75) is 71.9 Å². The number of nitrogens with one attached hydrogen (secondary N) is 2. The molecule has 0 atom stereocenters. The van der Waals surface area contributed by atoms with Gasteiger partial charge in [0.25, 0.3) is 11.5 Å². The van der Waals surface area contributed by atoms with Gasteiger partial charge in [0.15, 0.2) is 0 Å². The normalized spacial score (nSPS) is 11.3. The molecule has 262 valence electrons. The van der Waals surface area contributed by atoms with Gasteiger partial charge in [0.05, 0.1) is 6.54 Å². The quantitative estimate of drug-likeness (QED) is 0.103. The Kier molecular flexibility index (Phi) is 12.7. The van der Waals surface area contributed by atoms with E-state index in [0.717, 1.165) is 48.9 Å². The third-order valence-corrected chi connectivity index (χ3v) is 8.81. The van der Waals surface area contributed by atoms with Gasteiger partial charge in [0.2, 0.25) is 5.91 Å². The molecule has 2 N–H and O–H groups in total. The van der Waals surface area contributed by atoms with Gasteiger partial charge in [0, 0.05) is 73.1 Å². The minimum Gasteiger partial charge on any atom is -0.352 e. The molecule has 3 aromatic heterocycles. The number of hydrogen-bond acceptors (Lipinski definition) is 5. The molecule has 5 aromatic rings. The second-order valence-corrected chi connectivity index (χ2v) is 12.8. The number of hydrogen-bond donors (Lipinski definition) is 2. The first-order valence-electron chi connectivity index (χ1n) is 17.6. The summed E-state index contributed by atoms with van der Waals surface area (Å²) in [4.78, 5) is 46.8. The SMILES string of the molecule is CCCCCCNC(=O)c1cn(Cc2ccccc2F)c2cc(-c3ccc(NC(=O)CCC)cc3)c(CN(C)CCc3ccccn3)n2c1=O. The van der Waals surface area contributed by atoms with Crippen LogP contribution in [0.3, 0.4) is 0 Å². The first-order valence-corrected chi connectivity index (χ1v) is 17.6. The zero-order chi connectivity index (χ0) is 35.5. The summed E-state index contributed by atoms with van der Waals surface area (Å²) < 4.78 is 18.4. The lowest BCUT2D eigenvalue weighted by atomic mass is 10.0. The lowest BCUT2D eigenvalue weighted by molar-refractivity contribution is -0.116. The number of benzene rings is 2. The van der Waals surface area contributed by atoms with E-state index in [4.69, 9.17) is 0 Å². The number of fused-ring (bicyclic) bond motifs is 1. The van der Waals surface area contributed by atoms with Crippen LogP contribution >= 0.6 is 0 Å². The van der Waals surface area contributed by atoms with Gasteiger partial charge in [0.1, 0.15) is 17.0 Å². The van der Waals surface area contributed by atoms with Crippen LogP contribution in [0.15, 0.2) is 90.0 Å². The summed E-state index contributed by atoms with van der Waals surface area (Å²) in [6.45, 7) is 5.74. The average molecular weight is 679 g/mol. The monoisotopic (exact) mass is 678 g/mol. The molecule has 0 aliphatic rings. The molecule has 10 heteroatoms. The number of carbonyl (C=O) groups excluding carboxylic acids is 2. The molecule has 0 saturated heterocycles. The van der Waals surface area contributed by atoms with E-state index in [-0.39, 0.29) is 23.8 Å². The number of aromatic nitrogens is 3. The van der Waals surface area contributed by atoms with E-state index in [2.05, 4.69) is 27.4 Å². The van der Waals surface area contributed by atoms with Gasteiger partial charge in [-0.25, -0.2) is 4.39 Å². The standard InChI is InChI=1S/C40H47FN6O3/c1-4-6-7-11-23-43-39(49)34-27-46(26-30-14-8-9-16-35(30)41)38-25-33(29-17-19-32(20-18-29)44-37(48)13-5-2)36(47(38)40(34)50)28-45(3)24-21-31-15-10-12-22-42-31/h8-10,12,14-20,22,25,27H,4-7,11,13,21,23-24,26,28H2,1-3H3,(H,43,49)(H,44,48). The van der Waals surface area contributed by atoms with Crippen molar-refractivity contribution in [3.63, 3.8) is 0 Å². The Hall–Kier alpha value is -5.09. The van der Waals surface area contributed by atoms with Gasteiger partial charge in [-0.1, -0.05) is 69.5 Å². The minimum atomic E-state index is -0.451. The van der Waals surface area contributed by atoms with Crippen LogP contribution in [0.4, 0.5) is 10.1 Å². The van der Waals surface area contributed by atoms with E-state index < -0.39 is 11.5 Å². The summed E-state index contributed by atoms with van der Waals surface area (Å²) >= 11 is 0. The summed E-state index contributed by atoms with van der Waals surface area (Å²) in [6.07, 6.45) is 9.19. The zero-order valence-electron chi connectivity index (χ0n) is 29.3. The Balaban J connectivity index is 1.61. The maximum Gasteiger partial charge on any atom is 0.270 e. The van der Waals surface area contributed by atoms with Crippen LogP contribution in [0.1, 0.15) is 79.7 Å². The maximum absolute atomic E-state index is 15.0. The minimum absolute atomic E-state index is 0.00199. The van der Waals surface area contributed by atoms with Crippen LogP contribution in [-0.4, -0.2) is 50.8 Å². The number of amides is 2. The Bertz CT molecular complexity index is 1950. The lowest BCUT2D eigenvalue weighted by Crippen LogP contribution is -2.34. The second-order valence-electron chi connectivity index (χ2n) is 12.8. The third-order valence-electron chi connectivity index (χ3n) is 8.81. The highest BCUT2D eigenvalue weighted by Crippen LogP contribution is 2.30. The summed E-state index contributed by atoms with van der Waals surface area (Å²) in [7, 11) is 1.99. The molecule has 9 nitrogen and oxygen atoms in total. The molecule has 0 unspecified atom stereocenters. The van der Waals surface area contributed by atoms with Gasteiger partial charge < -0.3 is 20.1 Å². The largest absolute Gasteiger partial charge is 0.352 e. The fourth-order valence-electron chi connectivity index (χ4n) is 6.09. The topological polar surface area (TPSA) is 101 Å². The molecule has 50 heavy (non-hydrogen) atoms. The highest BCUT2D eigenvalue weighted by atomic mass is 19.1. The molecule has 2 aromatic carbocycles. The van der Waals surface area contributed by atoms with Crippen LogP contribution in [-0.2, 0) is 24.3 Å². The van der Waals surface area contributed by atoms with Crippen molar-refractivity contribution in [1.82, 2.24) is 24.2 Å². The van der Waals surface area contributed by atoms with Gasteiger partial charge in [-0.15, -0.1) is 0 Å². The Morgan fingerprint density at radius 1 is 0.940 bits per heavy atom. The van der Waals surface area contributed by atoms with Crippen molar-refractivity contribution in [2.75, 3.05) is 25.5 Å². The van der Waals surface area contributed by atoms with E-state index in [0.29, 0.717) is 55.1 Å². The van der Waals surface area contributed by atoms with Crippen molar-refractivity contribution >= 4 is 23.1 Å². The number of unbranched alkanes of at least 4 members (excludes halogenated alkanes) is 3. The highest BCUT2D eigenvalue weighted by Gasteiger charge is 2.23. The van der Waals surface area contributed by atoms with E-state index in [1.807, 2.05) is 62.5 Å². The molecule has 0 fully saturated rings. The van der Waals surface area contributed by atoms with E-state index in [9.17, 15) is 14.4 Å². The van der Waals surface area contributed by atoms with E-state index in [1.165, 1.54) is 6.07 Å². The number of pyridine rings is 1. The Morgan fingerprint density at radius 3 is 2.44 bits per heavy atom. The number of likely N-dealkylation sites (N-methyl/N-ethyl adjacent to an activating group) is 1. The molecule has 0 aliphatic carbocycles. The maximum atomic E-state index is 15.0. The van der Waals surface area contributed by atoms with Gasteiger partial charge in [-0.3, -0.25) is 23.8 Å². The number of rotatable bonds is 17. The molecule has 0 saturated carbocycles. The van der Waals surface area contributed by atoms with Crippen LogP contribution in [0.2, 0.25) is 0 Å². The number of halogens is 1. The summed E-state index contributed by atoms with van der Waals surface area (Å²) in [6, 6.07) is 21.8. The second kappa shape index (κ2) is 17.5. The van der Waals surface area contributed by atoms with Gasteiger partial charge in [-0.05, 0) is 61.9 Å². The highest BCUT2D eigenvalue weighted by molar-refractivity contribution is 5.94. The molecule has 3 heterocycles. The van der Waals surface area contributed by atoms with Crippen molar-refractivity contribution in [2.24, 2.45) is 0 Å². The average Bonchev–Trinajstić information content (AvgIpc) is 3.49. The number of nitrogens with zero attached hydrogens (tertiary/aromatic N) is 4. The zero-order valence-corrected chi connectivity index (χ0v) is 29.3. The number of anilines is 1. The summed E-state index contributed by atoms with van der Waals surface area (Å²) in [5, 5.41) is 5.88. The van der Waals surface area contributed by atoms with Gasteiger partial charge >= 0.3 is 0 Å². The predicted octanol–water partition coefficient (Wildman–Crippen LogP) is 7.07. The molecule has 2 amide bonds. The van der Waals surface area contributed by atoms with Gasteiger partial charge in [-0.2, -0.15) is 0 Å². The van der Waals surface area contributed by atoms with Crippen LogP contribution in [0.5, 0.6) is 0 Å². The molecule has 5 rings (SSSR count). The molecule has 0 radical (unpaired) electrons. The van der Waals surface area contributed by atoms with E-state index in [1.54, 1.807) is 39.6 Å². The van der Waals surface area contributed by atoms with Crippen molar-refractivity contribution in [3.8, 4) is 11.1 Å². The van der Waals surface area contributed by atoms with Crippen LogP contribution in [0, 0.1) is 5.82 Å². The van der Waals surface area contributed by atoms with Crippen molar-refractivity contribution in [1.29, 1.82) is 0 Å². The predicted molar refractivity (Wildman–Crippen MR) is 197 cm³/mol. The van der Waals surface area contributed by atoms with Crippen LogP contribution < -0.4 is 16.2 Å². The molecule has 0 aliphatic heterocycles. The molecule has 0 spiro atoms. The summed E-state index contributed by atoms with van der Waals surface area (Å²) in [5.74, 6) is -0.868. The fourth-order valence-corrected chi connectivity index (χ4v) is 6.09. The Morgan fingerprint density at radius 2 is 1.72 bits per heavy atom. The fraction of sp³-hybridized carbons (Fsp3) is 0.350. The first-order chi connectivity index (χ1) is 24.3. The van der Waals surface area contributed by atoms with Crippen molar-refractivity contribution in [3.05, 3.63) is 124 Å². The molecule has 0 bridgehead atoms. The van der Waals surface area contributed by atoms with E-state index >= 15 is 4.39 Å². The molecular formula is C40H47FN6O3. The smallest absolute Gasteiger partial charge is 0.270 e. The lowest BCUT2D eigenvalue weighted by Gasteiger charge is -2.19. The Labute approximate surface area is 293 Å². The number of carbonyl (C=O) groups is 2. The first kappa shape index (κ1) is 36.2. The third kappa shape index (κ3) is 9.12.